The molecule has 1 N–H and O–H groups in total. The Kier molecular flexibility index (Phi) is 25.6. The molecule has 3 nitrogen and oxygen atoms in total. The van der Waals surface area contributed by atoms with Crippen LogP contribution >= 0.6 is 0 Å². The van der Waals surface area contributed by atoms with Crippen LogP contribution < -0.4 is 0 Å². The molecule has 3 heteroatoms. The van der Waals surface area contributed by atoms with Crippen LogP contribution in [0.4, 0.5) is 0 Å². The maximum atomic E-state index is 12.7. The largest absolute Gasteiger partial charge is 0.390 e. The maximum absolute atomic E-state index is 12.7. The van der Waals surface area contributed by atoms with Gasteiger partial charge in [0.1, 0.15) is 0 Å². The Morgan fingerprint density at radius 1 is 0.421 bits per heavy atom. The van der Waals surface area contributed by atoms with Crippen LogP contribution in [-0.4, -0.2) is 22.3 Å². The summed E-state index contributed by atoms with van der Waals surface area (Å²) in [5, 5.41) is 11.0. The van der Waals surface area contributed by atoms with Crippen LogP contribution in [0.1, 0.15) is 206 Å². The van der Waals surface area contributed by atoms with E-state index < -0.39 is 5.60 Å². The lowest BCUT2D eigenvalue weighted by atomic mass is 9.82. The predicted molar refractivity (Wildman–Crippen MR) is 251 cm³/mol. The van der Waals surface area contributed by atoms with Crippen LogP contribution in [0.5, 0.6) is 0 Å². The molecule has 318 valence electrons. The minimum absolute atomic E-state index is 0.0458. The molecular formula is C54H84O3. The molecular weight excluding hydrogens is 697 g/mol. The van der Waals surface area contributed by atoms with Gasteiger partial charge in [0, 0.05) is 22.3 Å². The van der Waals surface area contributed by atoms with Gasteiger partial charge in [-0.15, -0.1) is 0 Å². The first-order chi connectivity index (χ1) is 26.8. The molecule has 1 aliphatic rings. The first-order valence-corrected chi connectivity index (χ1v) is 22.2. The van der Waals surface area contributed by atoms with Crippen molar-refractivity contribution in [3.63, 3.8) is 0 Å². The SMILES string of the molecule is CC(C)=CCC/C(C)=C/CC/C(C)=C/CC/C(C)=C/CC/C(C)=C/CC/C(C)=C/CC/C(C)=C/CC/C(C)=C/CCC(C)(O)CCC1=C(C)C(=O)C(C)=C(C)C1=O. The normalized spacial score (nSPS) is 16.9. The summed E-state index contributed by atoms with van der Waals surface area (Å²) in [6.07, 6.45) is 37.2. The van der Waals surface area contributed by atoms with Crippen molar-refractivity contribution in [3.05, 3.63) is 115 Å². The summed E-state index contributed by atoms with van der Waals surface area (Å²) in [4.78, 5) is 25.2. The van der Waals surface area contributed by atoms with Crippen molar-refractivity contribution in [1.82, 2.24) is 0 Å². The van der Waals surface area contributed by atoms with E-state index >= 15 is 0 Å². The molecule has 0 saturated heterocycles. The number of Topliss-reactive ketones (excluding diaryl/α,β-unsaturated/α-hetero) is 2. The Hall–Kier alpha value is -3.30. The van der Waals surface area contributed by atoms with Crippen molar-refractivity contribution in [1.29, 1.82) is 0 Å². The summed E-state index contributed by atoms with van der Waals surface area (Å²) in [6.45, 7) is 27.2. The first-order valence-electron chi connectivity index (χ1n) is 22.2. The van der Waals surface area contributed by atoms with Gasteiger partial charge in [-0.2, -0.15) is 0 Å². The molecule has 1 atom stereocenters. The third-order valence-corrected chi connectivity index (χ3v) is 11.7. The van der Waals surface area contributed by atoms with Crippen molar-refractivity contribution in [2.45, 2.75) is 211 Å². The van der Waals surface area contributed by atoms with Crippen molar-refractivity contribution in [2.24, 2.45) is 0 Å². The number of ketones is 2. The fourth-order valence-corrected chi connectivity index (χ4v) is 7.19. The number of rotatable bonds is 27. The summed E-state index contributed by atoms with van der Waals surface area (Å²) >= 11 is 0. The fourth-order valence-electron chi connectivity index (χ4n) is 7.19. The molecule has 0 bridgehead atoms. The van der Waals surface area contributed by atoms with Gasteiger partial charge < -0.3 is 5.11 Å². The van der Waals surface area contributed by atoms with Gasteiger partial charge in [-0.1, -0.05) is 93.2 Å². The number of aliphatic hydroxyl groups is 1. The lowest BCUT2D eigenvalue weighted by Gasteiger charge is -2.25. The molecule has 1 aliphatic carbocycles. The van der Waals surface area contributed by atoms with E-state index in [4.69, 9.17) is 0 Å². The highest BCUT2D eigenvalue weighted by atomic mass is 16.3. The van der Waals surface area contributed by atoms with Crippen LogP contribution in [0, 0.1) is 0 Å². The molecule has 0 amide bonds. The summed E-state index contributed by atoms with van der Waals surface area (Å²) in [6, 6.07) is 0. The van der Waals surface area contributed by atoms with E-state index in [1.165, 1.54) is 57.4 Å². The number of carbonyl (C=O) groups is 2. The number of hydrogen-bond acceptors (Lipinski definition) is 3. The minimum Gasteiger partial charge on any atom is -0.390 e. The van der Waals surface area contributed by atoms with E-state index in [0.717, 1.165) is 83.5 Å². The molecule has 0 aromatic heterocycles. The summed E-state index contributed by atoms with van der Waals surface area (Å²) < 4.78 is 0. The van der Waals surface area contributed by atoms with Crippen LogP contribution in [0.15, 0.2) is 115 Å². The highest BCUT2D eigenvalue weighted by Crippen LogP contribution is 2.30. The maximum Gasteiger partial charge on any atom is 0.185 e. The number of carbonyl (C=O) groups excluding carboxylic acids is 2. The van der Waals surface area contributed by atoms with Gasteiger partial charge in [-0.25, -0.2) is 0 Å². The second-order valence-electron chi connectivity index (χ2n) is 18.0. The molecule has 0 radical (unpaired) electrons. The van der Waals surface area contributed by atoms with Crippen LogP contribution in [-0.2, 0) is 9.59 Å². The zero-order valence-electron chi connectivity index (χ0n) is 39.1. The lowest BCUT2D eigenvalue weighted by Crippen LogP contribution is -2.26. The molecule has 0 heterocycles. The first kappa shape index (κ1) is 51.7. The Bertz CT molecular complexity index is 1630. The Morgan fingerprint density at radius 2 is 0.702 bits per heavy atom. The molecule has 0 aromatic rings. The smallest absolute Gasteiger partial charge is 0.185 e. The molecule has 1 unspecified atom stereocenters. The Balaban J connectivity index is 2.30. The third-order valence-electron chi connectivity index (χ3n) is 11.7. The van der Waals surface area contributed by atoms with E-state index in [-0.39, 0.29) is 11.6 Å². The standard InChI is InChI=1S/C54H84O3/c1-40(2)22-14-23-41(3)24-15-25-42(4)26-16-27-43(5)28-17-29-44(6)30-18-31-45(7)32-19-33-46(8)34-20-35-47(9)36-21-38-54(13,57)39-37-51-50(12)52(55)48(10)49(11)53(51)56/h22,24,26,28,30,32,34,36,57H,14-21,23,25,27,29,31,33,35,37-39H2,1-13H3/b41-24+,42-26+,43-28+,44-30+,45-32+,46-34+,47-36+. The molecule has 0 aliphatic heterocycles. The van der Waals surface area contributed by atoms with Gasteiger partial charge in [0.2, 0.25) is 0 Å². The van der Waals surface area contributed by atoms with Crippen molar-refractivity contribution >= 4 is 11.6 Å². The second kappa shape index (κ2) is 28.2. The average Bonchev–Trinajstić information content (AvgIpc) is 3.13. The van der Waals surface area contributed by atoms with Gasteiger partial charge >= 0.3 is 0 Å². The van der Waals surface area contributed by atoms with E-state index in [1.54, 1.807) is 20.8 Å². The monoisotopic (exact) mass is 781 g/mol. The van der Waals surface area contributed by atoms with Gasteiger partial charge in [0.15, 0.2) is 11.6 Å². The minimum atomic E-state index is -0.883. The molecule has 0 spiro atoms. The highest BCUT2D eigenvalue weighted by molar-refractivity contribution is 6.24. The Morgan fingerprint density at radius 3 is 1.02 bits per heavy atom. The van der Waals surface area contributed by atoms with E-state index in [9.17, 15) is 14.7 Å². The number of hydrogen-bond donors (Lipinski definition) is 1. The second-order valence-corrected chi connectivity index (χ2v) is 18.0. The van der Waals surface area contributed by atoms with E-state index in [2.05, 4.69) is 111 Å². The van der Waals surface area contributed by atoms with Gasteiger partial charge in [0.25, 0.3) is 0 Å². The molecule has 0 aromatic carbocycles. The van der Waals surface area contributed by atoms with E-state index in [0.29, 0.717) is 41.6 Å². The average molecular weight is 781 g/mol. The van der Waals surface area contributed by atoms with E-state index in [1.807, 2.05) is 6.92 Å². The summed E-state index contributed by atoms with van der Waals surface area (Å²) in [7, 11) is 0. The summed E-state index contributed by atoms with van der Waals surface area (Å²) in [5.41, 5.74) is 13.0. The third kappa shape index (κ3) is 23.6. The van der Waals surface area contributed by atoms with Gasteiger partial charge in [0.05, 0.1) is 5.60 Å². The zero-order valence-corrected chi connectivity index (χ0v) is 39.1. The topological polar surface area (TPSA) is 54.4 Å². The molecule has 1 rings (SSSR count). The van der Waals surface area contributed by atoms with Crippen LogP contribution in [0.2, 0.25) is 0 Å². The Labute approximate surface area is 351 Å². The lowest BCUT2D eigenvalue weighted by molar-refractivity contribution is -0.116. The number of allylic oxidation sites excluding steroid dienone is 20. The van der Waals surface area contributed by atoms with Crippen LogP contribution in [0.3, 0.4) is 0 Å². The summed E-state index contributed by atoms with van der Waals surface area (Å²) in [5.74, 6) is -0.0927. The molecule has 57 heavy (non-hydrogen) atoms. The van der Waals surface area contributed by atoms with Crippen molar-refractivity contribution in [3.8, 4) is 0 Å². The quantitative estimate of drug-likeness (QED) is 0.0667. The predicted octanol–water partition coefficient (Wildman–Crippen LogP) is 16.2. The molecule has 0 fully saturated rings. The molecule has 0 saturated carbocycles. The van der Waals surface area contributed by atoms with Crippen molar-refractivity contribution < 1.29 is 14.7 Å². The van der Waals surface area contributed by atoms with Gasteiger partial charge in [-0.05, 0) is 206 Å². The van der Waals surface area contributed by atoms with Crippen molar-refractivity contribution in [2.75, 3.05) is 0 Å². The van der Waals surface area contributed by atoms with Gasteiger partial charge in [-0.3, -0.25) is 9.59 Å². The highest BCUT2D eigenvalue weighted by Gasteiger charge is 2.29. The fraction of sp³-hybridized carbons (Fsp3) is 0.593. The zero-order chi connectivity index (χ0) is 43.0. The van der Waals surface area contributed by atoms with Crippen LogP contribution in [0.25, 0.3) is 0 Å².